The Kier molecular flexibility index (Phi) is 4.27. The van der Waals surface area contributed by atoms with Crippen molar-refractivity contribution in [1.29, 1.82) is 0 Å². The summed E-state index contributed by atoms with van der Waals surface area (Å²) in [4.78, 5) is 8.45. The lowest BCUT2D eigenvalue weighted by Gasteiger charge is -2.10. The Balaban J connectivity index is 1.60. The average Bonchev–Trinajstić information content (AvgIpc) is 2.99. The monoisotopic (exact) mass is 300 g/mol. The molecule has 2 heterocycles. The number of hydrogen-bond donors (Lipinski definition) is 2. The molecule has 3 rings (SSSR count). The first-order chi connectivity index (χ1) is 10.7. The Bertz CT molecular complexity index is 646. The molecule has 1 aliphatic heterocycles. The van der Waals surface area contributed by atoms with Crippen LogP contribution in [0, 0.1) is 5.92 Å². The summed E-state index contributed by atoms with van der Waals surface area (Å²) in [5.41, 5.74) is 1.11. The van der Waals surface area contributed by atoms with Crippen LogP contribution < -0.4 is 20.1 Å². The van der Waals surface area contributed by atoms with Crippen molar-refractivity contribution in [3.8, 4) is 11.5 Å². The summed E-state index contributed by atoms with van der Waals surface area (Å²) in [6, 6.07) is 7.83. The molecule has 0 unspecified atom stereocenters. The van der Waals surface area contributed by atoms with Crippen LogP contribution in [0.3, 0.4) is 0 Å². The average molecular weight is 300 g/mol. The summed E-state index contributed by atoms with van der Waals surface area (Å²) in [7, 11) is 0. The van der Waals surface area contributed by atoms with Crippen LogP contribution in [-0.2, 0) is 6.54 Å². The molecule has 6 nitrogen and oxygen atoms in total. The van der Waals surface area contributed by atoms with E-state index in [1.54, 1.807) is 6.33 Å². The van der Waals surface area contributed by atoms with Gasteiger partial charge in [-0.25, -0.2) is 9.97 Å². The van der Waals surface area contributed by atoms with E-state index in [1.165, 1.54) is 0 Å². The second-order valence-electron chi connectivity index (χ2n) is 5.60. The van der Waals surface area contributed by atoms with Crippen LogP contribution in [0.5, 0.6) is 11.5 Å². The maximum Gasteiger partial charge on any atom is 0.231 e. The second kappa shape index (κ2) is 6.51. The van der Waals surface area contributed by atoms with Gasteiger partial charge < -0.3 is 20.1 Å². The van der Waals surface area contributed by atoms with Gasteiger partial charge >= 0.3 is 0 Å². The molecule has 1 aliphatic rings. The van der Waals surface area contributed by atoms with Crippen molar-refractivity contribution in [2.24, 2.45) is 5.92 Å². The molecule has 116 valence electrons. The van der Waals surface area contributed by atoms with Gasteiger partial charge in [0.1, 0.15) is 18.0 Å². The number of nitrogens with one attached hydrogen (secondary N) is 2. The van der Waals surface area contributed by atoms with Crippen LogP contribution in [0.25, 0.3) is 0 Å². The van der Waals surface area contributed by atoms with Crippen LogP contribution in [0.4, 0.5) is 11.6 Å². The zero-order chi connectivity index (χ0) is 15.4. The maximum absolute atomic E-state index is 5.38. The third-order valence-corrected chi connectivity index (χ3v) is 3.27. The zero-order valence-corrected chi connectivity index (χ0v) is 12.8. The van der Waals surface area contributed by atoms with E-state index >= 15 is 0 Å². The van der Waals surface area contributed by atoms with Gasteiger partial charge in [0.2, 0.25) is 6.79 Å². The molecule has 0 fully saturated rings. The van der Waals surface area contributed by atoms with Crippen LogP contribution in [0.1, 0.15) is 19.4 Å². The molecule has 0 amide bonds. The first-order valence-electron chi connectivity index (χ1n) is 7.39. The van der Waals surface area contributed by atoms with Gasteiger partial charge in [-0.1, -0.05) is 19.9 Å². The molecule has 1 aromatic carbocycles. The van der Waals surface area contributed by atoms with Crippen molar-refractivity contribution in [3.05, 3.63) is 36.2 Å². The summed E-state index contributed by atoms with van der Waals surface area (Å²) in [6.45, 7) is 6.17. The molecule has 6 heteroatoms. The molecule has 0 atom stereocenters. The quantitative estimate of drug-likeness (QED) is 0.855. The molecule has 0 spiro atoms. The van der Waals surface area contributed by atoms with Crippen LogP contribution in [-0.4, -0.2) is 23.3 Å². The van der Waals surface area contributed by atoms with Crippen LogP contribution in [0.2, 0.25) is 0 Å². The second-order valence-corrected chi connectivity index (χ2v) is 5.60. The molecule has 1 aromatic heterocycles. The molecule has 22 heavy (non-hydrogen) atoms. The Morgan fingerprint density at radius 3 is 2.64 bits per heavy atom. The topological polar surface area (TPSA) is 68.3 Å². The van der Waals surface area contributed by atoms with Crippen molar-refractivity contribution in [1.82, 2.24) is 9.97 Å². The molecular formula is C16H20N4O2. The van der Waals surface area contributed by atoms with E-state index in [0.29, 0.717) is 19.3 Å². The summed E-state index contributed by atoms with van der Waals surface area (Å²) in [6.07, 6.45) is 1.56. The number of fused-ring (bicyclic) bond motifs is 1. The molecule has 0 bridgehead atoms. The highest BCUT2D eigenvalue weighted by Crippen LogP contribution is 2.32. The van der Waals surface area contributed by atoms with Gasteiger partial charge in [-0.15, -0.1) is 0 Å². The van der Waals surface area contributed by atoms with E-state index < -0.39 is 0 Å². The first kappa shape index (κ1) is 14.4. The molecular weight excluding hydrogens is 280 g/mol. The van der Waals surface area contributed by atoms with Gasteiger partial charge in [0.25, 0.3) is 0 Å². The fraction of sp³-hybridized carbons (Fsp3) is 0.375. The molecule has 0 aliphatic carbocycles. The van der Waals surface area contributed by atoms with Gasteiger partial charge in [-0.2, -0.15) is 0 Å². The first-order valence-corrected chi connectivity index (χ1v) is 7.39. The maximum atomic E-state index is 5.38. The predicted octanol–water partition coefficient (Wildman–Crippen LogP) is 2.89. The summed E-state index contributed by atoms with van der Waals surface area (Å²) >= 11 is 0. The van der Waals surface area contributed by atoms with Crippen molar-refractivity contribution in [3.63, 3.8) is 0 Å². The fourth-order valence-electron chi connectivity index (χ4n) is 2.10. The predicted molar refractivity (Wildman–Crippen MR) is 85.3 cm³/mol. The van der Waals surface area contributed by atoms with Crippen molar-refractivity contribution in [2.45, 2.75) is 20.4 Å². The van der Waals surface area contributed by atoms with Gasteiger partial charge in [-0.05, 0) is 23.6 Å². The lowest BCUT2D eigenvalue weighted by Crippen LogP contribution is -2.10. The highest BCUT2D eigenvalue weighted by Gasteiger charge is 2.13. The lowest BCUT2D eigenvalue weighted by atomic mass is 10.2. The van der Waals surface area contributed by atoms with Crippen molar-refractivity contribution < 1.29 is 9.47 Å². The number of rotatable bonds is 6. The van der Waals surface area contributed by atoms with E-state index in [1.807, 2.05) is 24.3 Å². The van der Waals surface area contributed by atoms with Crippen LogP contribution >= 0.6 is 0 Å². The number of benzene rings is 1. The molecule has 0 radical (unpaired) electrons. The van der Waals surface area contributed by atoms with E-state index in [9.17, 15) is 0 Å². The minimum absolute atomic E-state index is 0.295. The largest absolute Gasteiger partial charge is 0.454 e. The smallest absolute Gasteiger partial charge is 0.231 e. The highest BCUT2D eigenvalue weighted by molar-refractivity contribution is 5.48. The van der Waals surface area contributed by atoms with E-state index in [0.717, 1.165) is 35.2 Å². The fourth-order valence-corrected chi connectivity index (χ4v) is 2.10. The number of anilines is 2. The zero-order valence-electron chi connectivity index (χ0n) is 12.8. The number of hydrogen-bond acceptors (Lipinski definition) is 6. The van der Waals surface area contributed by atoms with Crippen molar-refractivity contribution >= 4 is 11.6 Å². The van der Waals surface area contributed by atoms with E-state index in [4.69, 9.17) is 9.47 Å². The molecule has 2 aromatic rings. The van der Waals surface area contributed by atoms with Gasteiger partial charge in [0, 0.05) is 19.2 Å². The van der Waals surface area contributed by atoms with E-state index in [-0.39, 0.29) is 0 Å². The van der Waals surface area contributed by atoms with Gasteiger partial charge in [-0.3, -0.25) is 0 Å². The normalized spacial score (nSPS) is 12.5. The SMILES string of the molecule is CC(C)CNc1cc(NCc2ccc3c(c2)OCO3)ncn1. The third kappa shape index (κ3) is 3.58. The van der Waals surface area contributed by atoms with Gasteiger partial charge in [0.05, 0.1) is 0 Å². The lowest BCUT2D eigenvalue weighted by molar-refractivity contribution is 0.174. The standard InChI is InChI=1S/C16H20N4O2/c1-11(2)7-17-15-6-16(20-9-19-15)18-8-12-3-4-13-14(5-12)22-10-21-13/h3-6,9,11H,7-8,10H2,1-2H3,(H2,17,18,19,20). The molecule has 0 saturated carbocycles. The number of nitrogens with zero attached hydrogens (tertiary/aromatic N) is 2. The summed E-state index contributed by atoms with van der Waals surface area (Å²) in [5.74, 6) is 3.78. The van der Waals surface area contributed by atoms with E-state index in [2.05, 4.69) is 34.4 Å². The Morgan fingerprint density at radius 2 is 1.82 bits per heavy atom. The minimum Gasteiger partial charge on any atom is -0.454 e. The minimum atomic E-state index is 0.295. The van der Waals surface area contributed by atoms with Crippen molar-refractivity contribution in [2.75, 3.05) is 24.0 Å². The third-order valence-electron chi connectivity index (χ3n) is 3.27. The van der Waals surface area contributed by atoms with Gasteiger partial charge in [0.15, 0.2) is 11.5 Å². The molecule has 0 saturated heterocycles. The Morgan fingerprint density at radius 1 is 1.05 bits per heavy atom. The molecule has 2 N–H and O–H groups in total. The number of ether oxygens (including phenoxy) is 2. The number of aromatic nitrogens is 2. The summed E-state index contributed by atoms with van der Waals surface area (Å²) < 4.78 is 10.7. The Labute approximate surface area is 129 Å². The summed E-state index contributed by atoms with van der Waals surface area (Å²) in [5, 5.41) is 6.58. The van der Waals surface area contributed by atoms with Crippen LogP contribution in [0.15, 0.2) is 30.6 Å². The Hall–Kier alpha value is -2.50. The highest BCUT2D eigenvalue weighted by atomic mass is 16.7.